The maximum Gasteiger partial charge on any atom is 0.255 e. The molecule has 0 radical (unpaired) electrons. The van der Waals surface area contributed by atoms with Gasteiger partial charge in [-0.3, -0.25) is 9.59 Å². The van der Waals surface area contributed by atoms with Crippen molar-refractivity contribution in [1.82, 2.24) is 10.3 Å². The van der Waals surface area contributed by atoms with Gasteiger partial charge in [-0.25, -0.2) is 0 Å². The molecule has 2 N–H and O–H groups in total. The Labute approximate surface area is 129 Å². The average Bonchev–Trinajstić information content (AvgIpc) is 2.49. The summed E-state index contributed by atoms with van der Waals surface area (Å²) in [6.45, 7) is 4.78. The van der Waals surface area contributed by atoms with Crippen molar-refractivity contribution in [1.29, 1.82) is 0 Å². The Morgan fingerprint density at radius 1 is 1.36 bits per heavy atom. The summed E-state index contributed by atoms with van der Waals surface area (Å²) < 4.78 is 5.33. The quantitative estimate of drug-likeness (QED) is 0.634. The molecule has 0 saturated carbocycles. The van der Waals surface area contributed by atoms with Gasteiger partial charge in [0.05, 0.1) is 12.7 Å². The summed E-state index contributed by atoms with van der Waals surface area (Å²) in [5.74, 6) is -0.250. The van der Waals surface area contributed by atoms with Crippen molar-refractivity contribution in [2.24, 2.45) is 0 Å². The molecule has 1 aromatic heterocycles. The van der Waals surface area contributed by atoms with Gasteiger partial charge >= 0.3 is 0 Å². The lowest BCUT2D eigenvalue weighted by Gasteiger charge is -2.07. The Morgan fingerprint density at radius 3 is 2.91 bits per heavy atom. The van der Waals surface area contributed by atoms with E-state index in [2.05, 4.69) is 10.3 Å². The lowest BCUT2D eigenvalue weighted by Crippen LogP contribution is -2.26. The molecular formula is C17H20N2O3. The number of nitrogens with one attached hydrogen (secondary N) is 2. The fourth-order valence-electron chi connectivity index (χ4n) is 1.98. The summed E-state index contributed by atoms with van der Waals surface area (Å²) in [6.07, 6.45) is 3.02. The van der Waals surface area contributed by atoms with Gasteiger partial charge in [-0.2, -0.15) is 0 Å². The third-order valence-electron chi connectivity index (χ3n) is 3.05. The number of aromatic amines is 1. The smallest absolute Gasteiger partial charge is 0.255 e. The van der Waals surface area contributed by atoms with Crippen molar-refractivity contribution in [2.45, 2.75) is 20.0 Å². The number of aromatic nitrogens is 1. The minimum atomic E-state index is -0.250. The molecule has 5 heteroatoms. The van der Waals surface area contributed by atoms with Crippen LogP contribution in [0.2, 0.25) is 0 Å². The number of H-pyrrole nitrogens is 1. The number of fused-ring (bicyclic) bond motifs is 1. The standard InChI is InChI=1S/C17H20N2O3/c1-12(2)22-10-9-18-16(20)8-7-14-11-13-5-3-4-6-15(13)19-17(14)21/h3-8,11-12H,9-10H2,1-2H3,(H,18,20)(H,19,21)/b8-7+. The highest BCUT2D eigenvalue weighted by Gasteiger charge is 2.01. The zero-order chi connectivity index (χ0) is 15.9. The van der Waals surface area contributed by atoms with E-state index in [1.165, 1.54) is 12.2 Å². The second-order valence-electron chi connectivity index (χ2n) is 5.18. The first-order valence-corrected chi connectivity index (χ1v) is 7.26. The maximum absolute atomic E-state index is 11.9. The van der Waals surface area contributed by atoms with Crippen molar-refractivity contribution < 1.29 is 9.53 Å². The van der Waals surface area contributed by atoms with Crippen molar-refractivity contribution >= 4 is 22.9 Å². The molecule has 2 aromatic rings. The van der Waals surface area contributed by atoms with E-state index >= 15 is 0 Å². The highest BCUT2D eigenvalue weighted by Crippen LogP contribution is 2.10. The minimum Gasteiger partial charge on any atom is -0.377 e. The second-order valence-corrected chi connectivity index (χ2v) is 5.18. The van der Waals surface area contributed by atoms with Gasteiger partial charge in [0.25, 0.3) is 5.56 Å². The van der Waals surface area contributed by atoms with Gasteiger partial charge in [-0.15, -0.1) is 0 Å². The molecule has 0 fully saturated rings. The Balaban J connectivity index is 1.99. The molecule has 116 valence electrons. The van der Waals surface area contributed by atoms with E-state index in [0.29, 0.717) is 18.7 Å². The molecule has 1 aromatic carbocycles. The molecule has 5 nitrogen and oxygen atoms in total. The van der Waals surface area contributed by atoms with Crippen LogP contribution in [0.25, 0.3) is 17.0 Å². The van der Waals surface area contributed by atoms with Gasteiger partial charge in [0, 0.05) is 23.7 Å². The van der Waals surface area contributed by atoms with E-state index in [1.807, 2.05) is 38.1 Å². The van der Waals surface area contributed by atoms with Crippen molar-refractivity contribution in [3.05, 3.63) is 52.3 Å². The van der Waals surface area contributed by atoms with E-state index in [0.717, 1.165) is 10.9 Å². The molecule has 0 saturated heterocycles. The van der Waals surface area contributed by atoms with Gasteiger partial charge in [0.15, 0.2) is 0 Å². The maximum atomic E-state index is 11.9. The fraction of sp³-hybridized carbons (Fsp3) is 0.294. The number of carbonyl (C=O) groups excluding carboxylic acids is 1. The van der Waals surface area contributed by atoms with Crippen LogP contribution in [-0.4, -0.2) is 30.1 Å². The molecule has 0 aliphatic rings. The van der Waals surface area contributed by atoms with E-state index < -0.39 is 0 Å². The zero-order valence-electron chi connectivity index (χ0n) is 12.8. The van der Waals surface area contributed by atoms with Crippen LogP contribution in [0.4, 0.5) is 0 Å². The largest absolute Gasteiger partial charge is 0.377 e. The van der Waals surface area contributed by atoms with Crippen LogP contribution in [0.5, 0.6) is 0 Å². The monoisotopic (exact) mass is 300 g/mol. The normalized spacial score (nSPS) is 11.4. The van der Waals surface area contributed by atoms with E-state index in [-0.39, 0.29) is 17.6 Å². The topological polar surface area (TPSA) is 71.2 Å². The van der Waals surface area contributed by atoms with Crippen LogP contribution in [0.15, 0.2) is 41.2 Å². The highest BCUT2D eigenvalue weighted by molar-refractivity contribution is 5.92. The minimum absolute atomic E-state index is 0.142. The number of pyridine rings is 1. The van der Waals surface area contributed by atoms with E-state index in [1.54, 1.807) is 6.07 Å². The highest BCUT2D eigenvalue weighted by atomic mass is 16.5. The predicted molar refractivity (Wildman–Crippen MR) is 87.7 cm³/mol. The van der Waals surface area contributed by atoms with Crippen LogP contribution in [-0.2, 0) is 9.53 Å². The van der Waals surface area contributed by atoms with Crippen molar-refractivity contribution in [3.63, 3.8) is 0 Å². The van der Waals surface area contributed by atoms with Crippen molar-refractivity contribution in [2.75, 3.05) is 13.2 Å². The lowest BCUT2D eigenvalue weighted by atomic mass is 10.1. The third kappa shape index (κ3) is 4.56. The molecule has 0 atom stereocenters. The van der Waals surface area contributed by atoms with Gasteiger partial charge in [0.1, 0.15) is 0 Å². The lowest BCUT2D eigenvalue weighted by molar-refractivity contribution is -0.116. The molecule has 0 bridgehead atoms. The summed E-state index contributed by atoms with van der Waals surface area (Å²) in [7, 11) is 0. The fourth-order valence-corrected chi connectivity index (χ4v) is 1.98. The van der Waals surface area contributed by atoms with Gasteiger partial charge < -0.3 is 15.0 Å². The summed E-state index contributed by atoms with van der Waals surface area (Å²) in [4.78, 5) is 26.4. The third-order valence-corrected chi connectivity index (χ3v) is 3.05. The predicted octanol–water partition coefficient (Wildman–Crippen LogP) is 2.08. The molecule has 0 aliphatic carbocycles. The number of rotatable bonds is 6. The first-order chi connectivity index (χ1) is 10.6. The Kier molecular flexibility index (Phi) is 5.49. The summed E-state index contributed by atoms with van der Waals surface area (Å²) in [6, 6.07) is 9.27. The molecular weight excluding hydrogens is 280 g/mol. The number of hydrogen-bond donors (Lipinski definition) is 2. The van der Waals surface area contributed by atoms with Crippen LogP contribution in [0.3, 0.4) is 0 Å². The summed E-state index contributed by atoms with van der Waals surface area (Å²) in [5.41, 5.74) is 1.01. The summed E-state index contributed by atoms with van der Waals surface area (Å²) in [5, 5.41) is 3.63. The van der Waals surface area contributed by atoms with E-state index in [9.17, 15) is 9.59 Å². The van der Waals surface area contributed by atoms with Gasteiger partial charge in [-0.1, -0.05) is 18.2 Å². The number of para-hydroxylation sites is 1. The molecule has 0 aliphatic heterocycles. The van der Waals surface area contributed by atoms with E-state index in [4.69, 9.17) is 4.74 Å². The first-order valence-electron chi connectivity index (χ1n) is 7.26. The van der Waals surface area contributed by atoms with Gasteiger partial charge in [0.2, 0.25) is 5.91 Å². The summed E-state index contributed by atoms with van der Waals surface area (Å²) >= 11 is 0. The molecule has 0 unspecified atom stereocenters. The molecule has 2 rings (SSSR count). The Hall–Kier alpha value is -2.40. The number of carbonyl (C=O) groups is 1. The Morgan fingerprint density at radius 2 is 2.14 bits per heavy atom. The molecule has 1 amide bonds. The molecule has 22 heavy (non-hydrogen) atoms. The SMILES string of the molecule is CC(C)OCCNC(=O)/C=C/c1cc2ccccc2[nH]c1=O. The van der Waals surface area contributed by atoms with Gasteiger partial charge in [-0.05, 0) is 37.4 Å². The number of ether oxygens (including phenoxy) is 1. The Bertz CT molecular complexity index is 732. The first kappa shape index (κ1) is 16.0. The van der Waals surface area contributed by atoms with Crippen LogP contribution >= 0.6 is 0 Å². The van der Waals surface area contributed by atoms with Crippen LogP contribution < -0.4 is 10.9 Å². The number of benzene rings is 1. The van der Waals surface area contributed by atoms with Crippen molar-refractivity contribution in [3.8, 4) is 0 Å². The van der Waals surface area contributed by atoms with Crippen LogP contribution in [0.1, 0.15) is 19.4 Å². The molecule has 0 spiro atoms. The number of amides is 1. The number of hydrogen-bond acceptors (Lipinski definition) is 3. The average molecular weight is 300 g/mol. The zero-order valence-corrected chi connectivity index (χ0v) is 12.8. The second kappa shape index (κ2) is 7.56. The van der Waals surface area contributed by atoms with Crippen LogP contribution in [0, 0.1) is 0 Å². The molecule has 1 heterocycles.